The number of hydrogen-bond acceptors (Lipinski definition) is 4. The highest BCUT2D eigenvalue weighted by Crippen LogP contribution is 2.34. The number of rotatable bonds is 6. The fourth-order valence-electron chi connectivity index (χ4n) is 4.04. The molecule has 1 N–H and O–H groups in total. The van der Waals surface area contributed by atoms with E-state index in [1.54, 1.807) is 4.90 Å². The van der Waals surface area contributed by atoms with E-state index in [1.165, 1.54) is 6.42 Å². The smallest absolute Gasteiger partial charge is 0.236 e. The van der Waals surface area contributed by atoms with Crippen molar-refractivity contribution in [2.75, 3.05) is 26.2 Å². The molecule has 1 heterocycles. The number of aliphatic hydroxyl groups excluding tert-OH is 1. The maximum atomic E-state index is 12.5. The second-order valence-corrected chi connectivity index (χ2v) is 6.58. The number of nitrogens with zero attached hydrogens (tertiary/aromatic N) is 3. The number of hydrogen-bond donors (Lipinski definition) is 1. The van der Waals surface area contributed by atoms with E-state index in [0.29, 0.717) is 38.0 Å². The summed E-state index contributed by atoms with van der Waals surface area (Å²) in [4.78, 5) is 16.5. The minimum Gasteiger partial charge on any atom is -0.393 e. The topological polar surface area (TPSA) is 67.6 Å². The van der Waals surface area contributed by atoms with E-state index >= 15 is 0 Å². The Hall–Kier alpha value is -1.12. The third kappa shape index (κ3) is 4.21. The molecule has 2 aliphatic rings. The van der Waals surface area contributed by atoms with E-state index in [4.69, 9.17) is 5.26 Å². The lowest BCUT2D eigenvalue weighted by molar-refractivity contribution is -0.133. The lowest BCUT2D eigenvalue weighted by atomic mass is 9.80. The van der Waals surface area contributed by atoms with E-state index in [0.717, 1.165) is 38.6 Å². The predicted octanol–water partition coefficient (Wildman–Crippen LogP) is 1.76. The van der Waals surface area contributed by atoms with E-state index in [9.17, 15) is 9.90 Å². The molecule has 5 heteroatoms. The summed E-state index contributed by atoms with van der Waals surface area (Å²) < 4.78 is 0. The van der Waals surface area contributed by atoms with E-state index < -0.39 is 0 Å². The standard InChI is InChI=1S/C17H29N3O2/c1-2-19(12-6-10-18)17(22)13-20-11-5-8-15(20)14-7-3-4-9-16(14)21/h14-16,21H,2-9,11-13H2,1H3. The van der Waals surface area contributed by atoms with Crippen molar-refractivity contribution in [3.8, 4) is 6.07 Å². The van der Waals surface area contributed by atoms with Crippen LogP contribution in [0.5, 0.6) is 0 Å². The van der Waals surface area contributed by atoms with E-state index in [2.05, 4.69) is 11.0 Å². The van der Waals surface area contributed by atoms with E-state index in [1.807, 2.05) is 6.92 Å². The number of carbonyl (C=O) groups is 1. The van der Waals surface area contributed by atoms with Crippen molar-refractivity contribution in [1.82, 2.24) is 9.80 Å². The van der Waals surface area contributed by atoms with Crippen LogP contribution in [-0.4, -0.2) is 59.1 Å². The first kappa shape index (κ1) is 17.2. The molecule has 0 radical (unpaired) electrons. The third-order valence-corrected chi connectivity index (χ3v) is 5.26. The Labute approximate surface area is 133 Å². The number of likely N-dealkylation sites (N-methyl/N-ethyl adjacent to an activating group) is 1. The van der Waals surface area contributed by atoms with Crippen LogP contribution in [0, 0.1) is 17.2 Å². The molecule has 2 rings (SSSR count). The van der Waals surface area contributed by atoms with Gasteiger partial charge < -0.3 is 10.0 Å². The molecule has 0 aromatic heterocycles. The molecule has 1 aliphatic carbocycles. The van der Waals surface area contributed by atoms with Crippen LogP contribution < -0.4 is 0 Å². The molecule has 3 atom stereocenters. The summed E-state index contributed by atoms with van der Waals surface area (Å²) in [6.45, 7) is 4.53. The van der Waals surface area contributed by atoms with Gasteiger partial charge in [-0.25, -0.2) is 0 Å². The van der Waals surface area contributed by atoms with Crippen LogP contribution in [0.3, 0.4) is 0 Å². The average molecular weight is 307 g/mol. The van der Waals surface area contributed by atoms with Gasteiger partial charge in [-0.05, 0) is 39.2 Å². The zero-order chi connectivity index (χ0) is 15.9. The van der Waals surface area contributed by atoms with Gasteiger partial charge in [0.25, 0.3) is 0 Å². The van der Waals surface area contributed by atoms with E-state index in [-0.39, 0.29) is 12.0 Å². The molecule has 2 fully saturated rings. The fraction of sp³-hybridized carbons (Fsp3) is 0.882. The molecule has 22 heavy (non-hydrogen) atoms. The number of likely N-dealkylation sites (tertiary alicyclic amines) is 1. The lowest BCUT2D eigenvalue weighted by Gasteiger charge is -2.37. The van der Waals surface area contributed by atoms with Crippen LogP contribution in [-0.2, 0) is 4.79 Å². The Bertz CT molecular complexity index is 407. The Morgan fingerprint density at radius 3 is 2.77 bits per heavy atom. The lowest BCUT2D eigenvalue weighted by Crippen LogP contribution is -2.47. The first-order valence-electron chi connectivity index (χ1n) is 8.74. The molecule has 0 bridgehead atoms. The first-order valence-corrected chi connectivity index (χ1v) is 8.74. The maximum Gasteiger partial charge on any atom is 0.236 e. The van der Waals surface area contributed by atoms with Gasteiger partial charge in [-0.2, -0.15) is 5.26 Å². The maximum absolute atomic E-state index is 12.5. The summed E-state index contributed by atoms with van der Waals surface area (Å²) in [5, 5.41) is 19.0. The van der Waals surface area contributed by atoms with Crippen molar-refractivity contribution in [2.45, 2.75) is 64.0 Å². The molecule has 1 amide bonds. The van der Waals surface area contributed by atoms with Gasteiger partial charge in [0.05, 0.1) is 25.1 Å². The normalized spacial score (nSPS) is 29.2. The van der Waals surface area contributed by atoms with Crippen LogP contribution in [0.25, 0.3) is 0 Å². The molecule has 0 aromatic rings. The van der Waals surface area contributed by atoms with Crippen LogP contribution in [0.4, 0.5) is 0 Å². The van der Waals surface area contributed by atoms with Gasteiger partial charge in [0.15, 0.2) is 0 Å². The Morgan fingerprint density at radius 2 is 2.09 bits per heavy atom. The quantitative estimate of drug-likeness (QED) is 0.812. The number of aliphatic hydroxyl groups is 1. The number of amides is 1. The van der Waals surface area contributed by atoms with Gasteiger partial charge in [-0.3, -0.25) is 9.69 Å². The largest absolute Gasteiger partial charge is 0.393 e. The number of nitriles is 1. The fourth-order valence-corrected chi connectivity index (χ4v) is 4.04. The van der Waals surface area contributed by atoms with Crippen LogP contribution in [0.2, 0.25) is 0 Å². The van der Waals surface area contributed by atoms with Crippen molar-refractivity contribution >= 4 is 5.91 Å². The van der Waals surface area contributed by atoms with Crippen molar-refractivity contribution in [2.24, 2.45) is 5.92 Å². The van der Waals surface area contributed by atoms with Crippen LogP contribution in [0.1, 0.15) is 51.9 Å². The summed E-state index contributed by atoms with van der Waals surface area (Å²) in [7, 11) is 0. The molecule has 1 aliphatic heterocycles. The summed E-state index contributed by atoms with van der Waals surface area (Å²) in [5.41, 5.74) is 0. The zero-order valence-electron chi connectivity index (χ0n) is 13.7. The summed E-state index contributed by atoms with van der Waals surface area (Å²) >= 11 is 0. The third-order valence-electron chi connectivity index (χ3n) is 5.26. The number of carbonyl (C=O) groups excluding carboxylic acids is 1. The first-order chi connectivity index (χ1) is 10.7. The van der Waals surface area contributed by atoms with Crippen molar-refractivity contribution in [3.05, 3.63) is 0 Å². The molecule has 0 spiro atoms. The van der Waals surface area contributed by atoms with Gasteiger partial charge in [-0.15, -0.1) is 0 Å². The molecule has 0 aromatic carbocycles. The molecule has 124 valence electrons. The van der Waals surface area contributed by atoms with Crippen LogP contribution >= 0.6 is 0 Å². The summed E-state index contributed by atoms with van der Waals surface area (Å²) in [6, 6.07) is 2.46. The monoisotopic (exact) mass is 307 g/mol. The van der Waals surface area contributed by atoms with Gasteiger partial charge in [0, 0.05) is 25.0 Å². The van der Waals surface area contributed by atoms with Crippen molar-refractivity contribution < 1.29 is 9.90 Å². The second kappa shape index (κ2) is 8.50. The Morgan fingerprint density at radius 1 is 1.32 bits per heavy atom. The minimum absolute atomic E-state index is 0.120. The molecular weight excluding hydrogens is 278 g/mol. The van der Waals surface area contributed by atoms with Crippen molar-refractivity contribution in [1.29, 1.82) is 5.26 Å². The second-order valence-electron chi connectivity index (χ2n) is 6.58. The molecule has 5 nitrogen and oxygen atoms in total. The summed E-state index contributed by atoms with van der Waals surface area (Å²) in [6.07, 6.45) is 6.73. The molecular formula is C17H29N3O2. The predicted molar refractivity (Wildman–Crippen MR) is 85.0 cm³/mol. The molecule has 1 saturated heterocycles. The highest BCUT2D eigenvalue weighted by atomic mass is 16.3. The SMILES string of the molecule is CCN(CCC#N)C(=O)CN1CCCC1C1CCCCC1O. The van der Waals surface area contributed by atoms with Gasteiger partial charge >= 0.3 is 0 Å². The zero-order valence-corrected chi connectivity index (χ0v) is 13.7. The highest BCUT2D eigenvalue weighted by molar-refractivity contribution is 5.78. The minimum atomic E-state index is -0.199. The molecule has 3 unspecified atom stereocenters. The average Bonchev–Trinajstić information content (AvgIpc) is 2.96. The molecule has 1 saturated carbocycles. The van der Waals surface area contributed by atoms with Gasteiger partial charge in [-0.1, -0.05) is 12.8 Å². The van der Waals surface area contributed by atoms with Crippen molar-refractivity contribution in [3.63, 3.8) is 0 Å². The van der Waals surface area contributed by atoms with Crippen LogP contribution in [0.15, 0.2) is 0 Å². The van der Waals surface area contributed by atoms with Gasteiger partial charge in [0.1, 0.15) is 0 Å². The Kier molecular flexibility index (Phi) is 6.66. The highest BCUT2D eigenvalue weighted by Gasteiger charge is 2.37. The summed E-state index contributed by atoms with van der Waals surface area (Å²) in [5.74, 6) is 0.452. The van der Waals surface area contributed by atoms with Gasteiger partial charge in [0.2, 0.25) is 5.91 Å². The Balaban J connectivity index is 1.92.